The summed E-state index contributed by atoms with van der Waals surface area (Å²) >= 11 is 0. The van der Waals surface area contributed by atoms with Gasteiger partial charge in [-0.25, -0.2) is 4.98 Å². The average Bonchev–Trinajstić information content (AvgIpc) is 3.81. The minimum atomic E-state index is -0.0265. The van der Waals surface area contributed by atoms with Gasteiger partial charge in [-0.15, -0.1) is 0 Å². The maximum Gasteiger partial charge on any atom is 0.251 e. The molecule has 0 bridgehead atoms. The van der Waals surface area contributed by atoms with Gasteiger partial charge in [-0.3, -0.25) is 14.6 Å². The summed E-state index contributed by atoms with van der Waals surface area (Å²) in [5, 5.41) is 6.27. The Balaban J connectivity index is 0.902. The molecule has 5 aromatic rings. The monoisotopic (exact) mass is 693 g/mol. The summed E-state index contributed by atoms with van der Waals surface area (Å²) in [6, 6.07) is 28.3. The first-order chi connectivity index (χ1) is 25.3. The molecule has 0 radical (unpaired) electrons. The minimum Gasteiger partial charge on any atom is -0.352 e. The topological polar surface area (TPSA) is 106 Å². The number of H-pyrrole nitrogens is 1. The molecule has 3 N–H and O–H groups in total. The molecule has 266 valence electrons. The largest absolute Gasteiger partial charge is 0.352 e. The van der Waals surface area contributed by atoms with Crippen molar-refractivity contribution in [3.63, 3.8) is 0 Å². The van der Waals surface area contributed by atoms with E-state index in [1.54, 1.807) is 0 Å². The lowest BCUT2D eigenvalue weighted by molar-refractivity contribution is 0.0931. The van der Waals surface area contributed by atoms with Crippen LogP contribution >= 0.6 is 0 Å². The number of aliphatic imine (C=N–C) groups is 1. The number of imidazole rings is 1. The smallest absolute Gasteiger partial charge is 0.251 e. The number of nitrogens with one attached hydrogen (secondary N) is 3. The average molecular weight is 694 g/mol. The lowest BCUT2D eigenvalue weighted by atomic mass is 9.97. The van der Waals surface area contributed by atoms with Gasteiger partial charge >= 0.3 is 0 Å². The number of rotatable bonds is 9. The van der Waals surface area contributed by atoms with Crippen molar-refractivity contribution in [3.05, 3.63) is 107 Å². The molecule has 4 heterocycles. The van der Waals surface area contributed by atoms with Gasteiger partial charge in [-0.2, -0.15) is 0 Å². The Bertz CT molecular complexity index is 2100. The zero-order chi connectivity index (χ0) is 35.6. The molecule has 2 amide bonds. The van der Waals surface area contributed by atoms with E-state index in [9.17, 15) is 9.59 Å². The van der Waals surface area contributed by atoms with Crippen LogP contribution in [0.3, 0.4) is 0 Å². The number of carbonyl (C=O) groups is 2. The standard InChI is InChI=1S/C43H47N7O2/c1-49-19-15-28(16-20-49)26-44-42(51)32-7-3-30(4-8-32)38-25-36-12-11-34(23-39(36)46-38)35-13-14-37-40(24-35)48-41(47-37)31-5-9-33(10-6-31)43(52)45-27-29-17-21-50(2)22-18-29/h3-14,23-24,28-29H,15-22,25-27H2,1-2H3,(H,44,51)(H,45,52)(H,47,48). The number of nitrogens with zero attached hydrogens (tertiary/aromatic N) is 4. The predicted octanol–water partition coefficient (Wildman–Crippen LogP) is 6.72. The van der Waals surface area contributed by atoms with Crippen LogP contribution in [0, 0.1) is 11.8 Å². The fourth-order valence-corrected chi connectivity index (χ4v) is 7.66. The molecule has 0 atom stereocenters. The van der Waals surface area contributed by atoms with Crippen LogP contribution < -0.4 is 10.6 Å². The van der Waals surface area contributed by atoms with Crippen molar-refractivity contribution in [2.75, 3.05) is 53.4 Å². The number of hydrogen-bond acceptors (Lipinski definition) is 6. The molecular weight excluding hydrogens is 647 g/mol. The van der Waals surface area contributed by atoms with Gasteiger partial charge in [0.1, 0.15) is 5.82 Å². The van der Waals surface area contributed by atoms with Crippen molar-refractivity contribution in [2.45, 2.75) is 32.1 Å². The molecule has 9 nitrogen and oxygen atoms in total. The fourth-order valence-electron chi connectivity index (χ4n) is 7.66. The fraction of sp³-hybridized carbons (Fsp3) is 0.349. The molecule has 4 aromatic carbocycles. The summed E-state index contributed by atoms with van der Waals surface area (Å²) in [6.45, 7) is 5.85. The summed E-state index contributed by atoms with van der Waals surface area (Å²) in [5.74, 6) is 1.84. The third-order valence-corrected chi connectivity index (χ3v) is 11.2. The van der Waals surface area contributed by atoms with Gasteiger partial charge in [-0.1, -0.05) is 42.5 Å². The Morgan fingerprint density at radius 2 is 1.19 bits per heavy atom. The number of carbonyl (C=O) groups excluding carboxylic acids is 2. The summed E-state index contributed by atoms with van der Waals surface area (Å²) in [7, 11) is 4.31. The highest BCUT2D eigenvalue weighted by molar-refractivity contribution is 6.07. The highest BCUT2D eigenvalue weighted by Crippen LogP contribution is 2.35. The summed E-state index contributed by atoms with van der Waals surface area (Å²) < 4.78 is 0. The van der Waals surface area contributed by atoms with Crippen molar-refractivity contribution in [2.24, 2.45) is 16.8 Å². The summed E-state index contributed by atoms with van der Waals surface area (Å²) in [4.78, 5) is 43.7. The zero-order valence-electron chi connectivity index (χ0n) is 30.1. The van der Waals surface area contributed by atoms with Crippen molar-refractivity contribution in [1.82, 2.24) is 30.4 Å². The highest BCUT2D eigenvalue weighted by atomic mass is 16.2. The molecule has 0 spiro atoms. The Labute approximate surface area is 305 Å². The second kappa shape index (κ2) is 14.9. The van der Waals surface area contributed by atoms with Gasteiger partial charge < -0.3 is 25.4 Å². The lowest BCUT2D eigenvalue weighted by Gasteiger charge is -2.28. The van der Waals surface area contributed by atoms with E-state index in [1.807, 2.05) is 54.6 Å². The number of hydrogen-bond donors (Lipinski definition) is 3. The molecule has 3 aliphatic heterocycles. The van der Waals surface area contributed by atoms with Crippen LogP contribution in [0.4, 0.5) is 5.69 Å². The van der Waals surface area contributed by atoms with Crippen LogP contribution in [0.1, 0.15) is 57.5 Å². The normalized spacial score (nSPS) is 17.2. The number of aromatic amines is 1. The Hall–Kier alpha value is -5.12. The van der Waals surface area contributed by atoms with E-state index < -0.39 is 0 Å². The maximum absolute atomic E-state index is 12.8. The van der Waals surface area contributed by atoms with E-state index in [0.29, 0.717) is 23.0 Å². The number of piperidine rings is 2. The molecule has 9 heteroatoms. The molecule has 8 rings (SSSR count). The first-order valence-electron chi connectivity index (χ1n) is 18.7. The highest BCUT2D eigenvalue weighted by Gasteiger charge is 2.21. The quantitative estimate of drug-likeness (QED) is 0.159. The maximum atomic E-state index is 12.8. The molecule has 0 unspecified atom stereocenters. The number of likely N-dealkylation sites (tertiary alicyclic amines) is 2. The molecular formula is C43H47N7O2. The number of benzene rings is 4. The van der Waals surface area contributed by atoms with E-state index in [4.69, 9.17) is 9.98 Å². The van der Waals surface area contributed by atoms with Gasteiger partial charge in [0.05, 0.1) is 22.4 Å². The zero-order valence-corrected chi connectivity index (χ0v) is 30.1. The second-order valence-electron chi connectivity index (χ2n) is 15.0. The SMILES string of the molecule is CN1CCC(CNC(=O)c2ccc(C3=Nc4cc(-c5ccc6nc(-c7ccc(C(=O)NCC8CCN(C)CC8)cc7)[nH]c6c5)ccc4C3)cc2)CC1. The van der Waals surface area contributed by atoms with Crippen molar-refractivity contribution in [3.8, 4) is 22.5 Å². The summed E-state index contributed by atoms with van der Waals surface area (Å²) in [5.41, 5.74) is 10.5. The first kappa shape index (κ1) is 34.0. The van der Waals surface area contributed by atoms with Gasteiger partial charge in [0.15, 0.2) is 0 Å². The molecule has 3 aliphatic rings. The number of aromatic nitrogens is 2. The number of amides is 2. The molecule has 0 saturated carbocycles. The van der Waals surface area contributed by atoms with Crippen molar-refractivity contribution < 1.29 is 9.59 Å². The Morgan fingerprint density at radius 1 is 0.673 bits per heavy atom. The molecule has 2 saturated heterocycles. The number of fused-ring (bicyclic) bond motifs is 2. The van der Waals surface area contributed by atoms with Gasteiger partial charge in [0.2, 0.25) is 0 Å². The van der Waals surface area contributed by atoms with Crippen molar-refractivity contribution >= 4 is 34.2 Å². The van der Waals surface area contributed by atoms with Crippen molar-refractivity contribution in [1.29, 1.82) is 0 Å². The first-order valence-corrected chi connectivity index (χ1v) is 18.7. The Morgan fingerprint density at radius 3 is 1.79 bits per heavy atom. The van der Waals surface area contributed by atoms with E-state index >= 15 is 0 Å². The Kier molecular flexibility index (Phi) is 9.71. The molecule has 2 fully saturated rings. The molecule has 1 aromatic heterocycles. The van der Waals surface area contributed by atoms with Gasteiger partial charge in [-0.05, 0) is 143 Å². The lowest BCUT2D eigenvalue weighted by Crippen LogP contribution is -2.36. The molecule has 0 aliphatic carbocycles. The van der Waals surface area contributed by atoms with E-state index in [0.717, 1.165) is 122 Å². The van der Waals surface area contributed by atoms with Crippen LogP contribution in [0.15, 0.2) is 89.9 Å². The third-order valence-electron chi connectivity index (χ3n) is 11.2. The molecule has 52 heavy (non-hydrogen) atoms. The van der Waals surface area contributed by atoms with Gasteiger partial charge in [0, 0.05) is 36.2 Å². The van der Waals surface area contributed by atoms with Crippen LogP contribution in [0.25, 0.3) is 33.5 Å². The van der Waals surface area contributed by atoms with Crippen LogP contribution in [-0.4, -0.2) is 90.7 Å². The summed E-state index contributed by atoms with van der Waals surface area (Å²) in [6.07, 6.45) is 5.28. The predicted molar refractivity (Wildman–Crippen MR) is 208 cm³/mol. The third kappa shape index (κ3) is 7.56. The van der Waals surface area contributed by atoms with E-state index in [2.05, 4.69) is 69.8 Å². The van der Waals surface area contributed by atoms with Crippen LogP contribution in [0.5, 0.6) is 0 Å². The van der Waals surface area contributed by atoms with Crippen LogP contribution in [-0.2, 0) is 6.42 Å². The van der Waals surface area contributed by atoms with Gasteiger partial charge in [0.25, 0.3) is 11.8 Å². The minimum absolute atomic E-state index is 0.0102. The van der Waals surface area contributed by atoms with E-state index in [1.165, 1.54) is 5.56 Å². The van der Waals surface area contributed by atoms with E-state index in [-0.39, 0.29) is 11.8 Å². The van der Waals surface area contributed by atoms with Crippen LogP contribution in [0.2, 0.25) is 0 Å². The second-order valence-corrected chi connectivity index (χ2v) is 15.0.